The van der Waals surface area contributed by atoms with Gasteiger partial charge in [-0.1, -0.05) is 6.92 Å². The summed E-state index contributed by atoms with van der Waals surface area (Å²) >= 11 is 0. The average molecular weight is 268 g/mol. The van der Waals surface area contributed by atoms with Gasteiger partial charge in [-0.05, 0) is 45.7 Å². The molecule has 1 rings (SSSR count). The molecule has 0 radical (unpaired) electrons. The molecule has 1 N–H and O–H groups in total. The molecular weight excluding hydrogens is 243 g/mol. The summed E-state index contributed by atoms with van der Waals surface area (Å²) < 4.78 is 19.3. The van der Waals surface area contributed by atoms with Crippen molar-refractivity contribution in [1.82, 2.24) is 10.3 Å². The molecule has 0 amide bonds. The predicted molar refractivity (Wildman–Crippen MR) is 75.6 cm³/mol. The third-order valence-electron chi connectivity index (χ3n) is 3.41. The molecule has 0 fully saturated rings. The van der Waals surface area contributed by atoms with E-state index in [-0.39, 0.29) is 17.5 Å². The average Bonchev–Trinajstić information content (AvgIpc) is 2.40. The molecule has 1 unspecified atom stereocenters. The van der Waals surface area contributed by atoms with E-state index >= 15 is 0 Å². The van der Waals surface area contributed by atoms with E-state index in [9.17, 15) is 4.39 Å². The molecule has 0 spiro atoms. The number of nitrogens with zero attached hydrogens (tertiary/aromatic N) is 1. The SMILES string of the molecule is CCCNC(CCC(C)(C)OC)c1ccncc1F. The largest absolute Gasteiger partial charge is 0.379 e. The molecular formula is C15H25FN2O. The lowest BCUT2D eigenvalue weighted by atomic mass is 9.95. The summed E-state index contributed by atoms with van der Waals surface area (Å²) in [5.41, 5.74) is 0.505. The Morgan fingerprint density at radius 1 is 1.47 bits per heavy atom. The van der Waals surface area contributed by atoms with E-state index in [0.29, 0.717) is 5.56 Å². The molecule has 0 aliphatic carbocycles. The molecule has 0 aliphatic rings. The number of pyridine rings is 1. The van der Waals surface area contributed by atoms with Gasteiger partial charge < -0.3 is 10.1 Å². The van der Waals surface area contributed by atoms with Gasteiger partial charge in [-0.2, -0.15) is 0 Å². The fourth-order valence-electron chi connectivity index (χ4n) is 1.95. The van der Waals surface area contributed by atoms with Crippen LogP contribution < -0.4 is 5.32 Å². The normalized spacial score (nSPS) is 13.5. The van der Waals surface area contributed by atoms with Gasteiger partial charge in [-0.25, -0.2) is 4.39 Å². The minimum absolute atomic E-state index is 0.0115. The zero-order valence-corrected chi connectivity index (χ0v) is 12.4. The lowest BCUT2D eigenvalue weighted by Crippen LogP contribution is -2.28. The van der Waals surface area contributed by atoms with Gasteiger partial charge in [0.25, 0.3) is 0 Å². The number of rotatable bonds is 8. The summed E-state index contributed by atoms with van der Waals surface area (Å²) in [7, 11) is 1.71. The molecule has 0 bridgehead atoms. The monoisotopic (exact) mass is 268 g/mol. The van der Waals surface area contributed by atoms with Crippen molar-refractivity contribution >= 4 is 0 Å². The highest BCUT2D eigenvalue weighted by molar-refractivity contribution is 5.17. The molecule has 1 heterocycles. The molecule has 3 nitrogen and oxygen atoms in total. The van der Waals surface area contributed by atoms with E-state index in [0.717, 1.165) is 25.8 Å². The highest BCUT2D eigenvalue weighted by atomic mass is 19.1. The van der Waals surface area contributed by atoms with Gasteiger partial charge in [0.05, 0.1) is 11.8 Å². The molecule has 108 valence electrons. The second-order valence-electron chi connectivity index (χ2n) is 5.41. The summed E-state index contributed by atoms with van der Waals surface area (Å²) in [6.07, 6.45) is 5.64. The Bertz CT molecular complexity index is 382. The molecule has 1 aromatic heterocycles. The Morgan fingerprint density at radius 2 is 2.21 bits per heavy atom. The standard InChI is InChI=1S/C15H25FN2O/c1-5-9-18-14(6-8-15(2,3)19-4)12-7-10-17-11-13(12)16/h7,10-11,14,18H,5-6,8-9H2,1-4H3. The van der Waals surface area contributed by atoms with Gasteiger partial charge in [-0.3, -0.25) is 4.98 Å². The summed E-state index contributed by atoms with van der Waals surface area (Å²) in [5, 5.41) is 3.40. The summed E-state index contributed by atoms with van der Waals surface area (Å²) in [4.78, 5) is 3.81. The van der Waals surface area contributed by atoms with Crippen LogP contribution in [0.25, 0.3) is 0 Å². The molecule has 0 saturated carbocycles. The van der Waals surface area contributed by atoms with Crippen molar-refractivity contribution in [3.8, 4) is 0 Å². The summed E-state index contributed by atoms with van der Waals surface area (Å²) in [5.74, 6) is -0.244. The van der Waals surface area contributed by atoms with E-state index < -0.39 is 0 Å². The maximum absolute atomic E-state index is 13.8. The minimum Gasteiger partial charge on any atom is -0.379 e. The third-order valence-corrected chi connectivity index (χ3v) is 3.41. The van der Waals surface area contributed by atoms with Crippen LogP contribution in [0, 0.1) is 5.82 Å². The third kappa shape index (κ3) is 5.25. The Balaban J connectivity index is 2.75. The van der Waals surface area contributed by atoms with E-state index in [1.807, 2.05) is 13.8 Å². The van der Waals surface area contributed by atoms with Crippen LogP contribution >= 0.6 is 0 Å². The van der Waals surface area contributed by atoms with E-state index in [1.165, 1.54) is 6.20 Å². The highest BCUT2D eigenvalue weighted by Crippen LogP contribution is 2.25. The van der Waals surface area contributed by atoms with Gasteiger partial charge in [-0.15, -0.1) is 0 Å². The van der Waals surface area contributed by atoms with Gasteiger partial charge >= 0.3 is 0 Å². The molecule has 1 atom stereocenters. The Morgan fingerprint density at radius 3 is 2.79 bits per heavy atom. The van der Waals surface area contributed by atoms with Crippen LogP contribution in [0.15, 0.2) is 18.5 Å². The van der Waals surface area contributed by atoms with Crippen LogP contribution in [-0.4, -0.2) is 24.2 Å². The summed E-state index contributed by atoms with van der Waals surface area (Å²) in [6, 6.07) is 1.76. The number of halogens is 1. The van der Waals surface area contributed by atoms with Crippen molar-refractivity contribution in [3.63, 3.8) is 0 Å². The van der Waals surface area contributed by atoms with Crippen LogP contribution in [0.5, 0.6) is 0 Å². The van der Waals surface area contributed by atoms with E-state index in [1.54, 1.807) is 19.4 Å². The molecule has 0 aliphatic heterocycles. The first-order valence-corrected chi connectivity index (χ1v) is 6.88. The van der Waals surface area contributed by atoms with Gasteiger partial charge in [0.1, 0.15) is 5.82 Å². The molecule has 0 saturated heterocycles. The first-order chi connectivity index (χ1) is 9.00. The number of nitrogens with one attached hydrogen (secondary N) is 1. The lowest BCUT2D eigenvalue weighted by molar-refractivity contribution is 0.0116. The van der Waals surface area contributed by atoms with Crippen LogP contribution in [0.2, 0.25) is 0 Å². The Labute approximate surface area is 115 Å². The van der Waals surface area contributed by atoms with E-state index in [2.05, 4.69) is 17.2 Å². The second kappa shape index (κ2) is 7.56. The van der Waals surface area contributed by atoms with Crippen molar-refractivity contribution in [2.45, 2.75) is 51.7 Å². The first-order valence-electron chi connectivity index (χ1n) is 6.88. The topological polar surface area (TPSA) is 34.1 Å². The number of hydrogen-bond acceptors (Lipinski definition) is 3. The van der Waals surface area contributed by atoms with Crippen molar-refractivity contribution < 1.29 is 9.13 Å². The fourth-order valence-corrected chi connectivity index (χ4v) is 1.95. The van der Waals surface area contributed by atoms with Crippen LogP contribution in [0.4, 0.5) is 4.39 Å². The van der Waals surface area contributed by atoms with Crippen LogP contribution in [-0.2, 0) is 4.74 Å². The van der Waals surface area contributed by atoms with Gasteiger partial charge in [0.15, 0.2) is 0 Å². The zero-order valence-electron chi connectivity index (χ0n) is 12.4. The second-order valence-corrected chi connectivity index (χ2v) is 5.41. The first kappa shape index (κ1) is 16.1. The number of hydrogen-bond donors (Lipinski definition) is 1. The van der Waals surface area contributed by atoms with E-state index in [4.69, 9.17) is 4.74 Å². The number of aromatic nitrogens is 1. The number of methoxy groups -OCH3 is 1. The minimum atomic E-state index is -0.244. The quantitative estimate of drug-likeness (QED) is 0.784. The van der Waals surface area contributed by atoms with Crippen molar-refractivity contribution in [2.24, 2.45) is 0 Å². The molecule has 0 aromatic carbocycles. The maximum atomic E-state index is 13.8. The van der Waals surface area contributed by atoms with Crippen LogP contribution in [0.1, 0.15) is 51.6 Å². The zero-order chi connectivity index (χ0) is 14.3. The predicted octanol–water partition coefficient (Wildman–Crippen LogP) is 3.47. The molecule has 19 heavy (non-hydrogen) atoms. The maximum Gasteiger partial charge on any atom is 0.146 e. The Kier molecular flexibility index (Phi) is 6.38. The highest BCUT2D eigenvalue weighted by Gasteiger charge is 2.21. The molecule has 4 heteroatoms. The van der Waals surface area contributed by atoms with Gasteiger partial charge in [0, 0.05) is 24.9 Å². The smallest absolute Gasteiger partial charge is 0.146 e. The van der Waals surface area contributed by atoms with Crippen molar-refractivity contribution in [2.75, 3.05) is 13.7 Å². The summed E-state index contributed by atoms with van der Waals surface area (Å²) in [6.45, 7) is 7.07. The van der Waals surface area contributed by atoms with Gasteiger partial charge in [0.2, 0.25) is 0 Å². The number of ether oxygens (including phenoxy) is 1. The molecule has 1 aromatic rings. The Hall–Kier alpha value is -1.00. The van der Waals surface area contributed by atoms with Crippen molar-refractivity contribution in [1.29, 1.82) is 0 Å². The van der Waals surface area contributed by atoms with Crippen LogP contribution in [0.3, 0.4) is 0 Å². The lowest BCUT2D eigenvalue weighted by Gasteiger charge is -2.27. The fraction of sp³-hybridized carbons (Fsp3) is 0.667. The van der Waals surface area contributed by atoms with Crippen molar-refractivity contribution in [3.05, 3.63) is 29.8 Å².